The lowest BCUT2D eigenvalue weighted by Crippen LogP contribution is -2.30. The first-order chi connectivity index (χ1) is 10.0. The van der Waals surface area contributed by atoms with Crippen molar-refractivity contribution in [2.24, 2.45) is 0 Å². The Bertz CT molecular complexity index is 595. The molecule has 2 rings (SSSR count). The molecule has 1 heterocycles. The van der Waals surface area contributed by atoms with Gasteiger partial charge in [0.25, 0.3) is 0 Å². The molecule has 7 nitrogen and oxygen atoms in total. The molecule has 0 amide bonds. The van der Waals surface area contributed by atoms with Gasteiger partial charge < -0.3 is 10.4 Å². The molecule has 1 aromatic carbocycles. The van der Waals surface area contributed by atoms with E-state index < -0.39 is 11.0 Å². The number of nitrogens with one attached hydrogen (secondary N) is 1. The predicted molar refractivity (Wildman–Crippen MR) is 77.8 cm³/mol. The van der Waals surface area contributed by atoms with Gasteiger partial charge in [-0.05, 0) is 12.5 Å². The van der Waals surface area contributed by atoms with Crippen LogP contribution in [-0.2, 0) is 13.1 Å². The third-order valence-corrected chi connectivity index (χ3v) is 3.06. The average Bonchev–Trinajstić information content (AvgIpc) is 2.90. The lowest BCUT2D eigenvalue weighted by Gasteiger charge is -2.11. The number of benzene rings is 1. The van der Waals surface area contributed by atoms with Gasteiger partial charge in [0, 0.05) is 13.1 Å². The standard InChI is InChI=1S/C14H18N4O3/c1-11-2-4-12(5-3-11)6-15-8-14(19)10-17-9-13(7-16-17)18(20)21/h2-5,7,9,14-15,19H,6,8,10H2,1H3. The van der Waals surface area contributed by atoms with Gasteiger partial charge in [-0.2, -0.15) is 5.10 Å². The number of aliphatic hydroxyl groups is 1. The van der Waals surface area contributed by atoms with Crippen LogP contribution in [0.2, 0.25) is 0 Å². The zero-order valence-electron chi connectivity index (χ0n) is 11.8. The summed E-state index contributed by atoms with van der Waals surface area (Å²) >= 11 is 0. The van der Waals surface area contributed by atoms with Crippen LogP contribution in [0, 0.1) is 17.0 Å². The Morgan fingerprint density at radius 2 is 2.14 bits per heavy atom. The number of nitro groups is 1. The summed E-state index contributed by atoms with van der Waals surface area (Å²) in [6, 6.07) is 8.14. The van der Waals surface area contributed by atoms with E-state index in [1.165, 1.54) is 22.6 Å². The van der Waals surface area contributed by atoms with E-state index in [1.54, 1.807) is 0 Å². The van der Waals surface area contributed by atoms with Crippen molar-refractivity contribution >= 4 is 5.69 Å². The number of hydrogen-bond acceptors (Lipinski definition) is 5. The topological polar surface area (TPSA) is 93.2 Å². The molecule has 0 aliphatic heterocycles. The highest BCUT2D eigenvalue weighted by molar-refractivity contribution is 5.21. The first kappa shape index (κ1) is 15.1. The highest BCUT2D eigenvalue weighted by Gasteiger charge is 2.11. The second kappa shape index (κ2) is 6.96. The normalized spacial score (nSPS) is 12.3. The van der Waals surface area contributed by atoms with Crippen LogP contribution in [0.4, 0.5) is 5.69 Å². The fraction of sp³-hybridized carbons (Fsp3) is 0.357. The summed E-state index contributed by atoms with van der Waals surface area (Å²) < 4.78 is 1.37. The van der Waals surface area contributed by atoms with Gasteiger partial charge in [-0.1, -0.05) is 29.8 Å². The summed E-state index contributed by atoms with van der Waals surface area (Å²) in [6.45, 7) is 3.30. The van der Waals surface area contributed by atoms with E-state index in [9.17, 15) is 15.2 Å². The van der Waals surface area contributed by atoms with E-state index in [0.29, 0.717) is 13.1 Å². The third kappa shape index (κ3) is 4.66. The summed E-state index contributed by atoms with van der Waals surface area (Å²) in [5, 5.41) is 27.4. The summed E-state index contributed by atoms with van der Waals surface area (Å²) in [7, 11) is 0. The van der Waals surface area contributed by atoms with Crippen LogP contribution in [0.25, 0.3) is 0 Å². The molecule has 0 aliphatic rings. The molecule has 0 bridgehead atoms. The minimum atomic E-state index is -0.657. The molecule has 7 heteroatoms. The molecular formula is C14H18N4O3. The van der Waals surface area contributed by atoms with Gasteiger partial charge in [-0.3, -0.25) is 14.8 Å². The van der Waals surface area contributed by atoms with Crippen LogP contribution in [0.3, 0.4) is 0 Å². The molecule has 0 fully saturated rings. The fourth-order valence-corrected chi connectivity index (χ4v) is 1.92. The lowest BCUT2D eigenvalue weighted by atomic mass is 10.1. The Morgan fingerprint density at radius 3 is 2.76 bits per heavy atom. The van der Waals surface area contributed by atoms with Crippen molar-refractivity contribution in [1.29, 1.82) is 0 Å². The molecule has 0 saturated heterocycles. The summed E-state index contributed by atoms with van der Waals surface area (Å²) in [4.78, 5) is 10.0. The van der Waals surface area contributed by atoms with Gasteiger partial charge in [0.15, 0.2) is 0 Å². The van der Waals surface area contributed by atoms with Gasteiger partial charge in [-0.25, -0.2) is 0 Å². The van der Waals surface area contributed by atoms with Crippen LogP contribution < -0.4 is 5.32 Å². The predicted octanol–water partition coefficient (Wildman–Crippen LogP) is 1.25. The van der Waals surface area contributed by atoms with Crippen molar-refractivity contribution in [2.45, 2.75) is 26.1 Å². The lowest BCUT2D eigenvalue weighted by molar-refractivity contribution is -0.385. The molecule has 1 unspecified atom stereocenters. The van der Waals surface area contributed by atoms with Crippen molar-refractivity contribution in [1.82, 2.24) is 15.1 Å². The van der Waals surface area contributed by atoms with Gasteiger partial charge in [0.2, 0.25) is 0 Å². The average molecular weight is 290 g/mol. The Kier molecular flexibility index (Phi) is 5.02. The molecular weight excluding hydrogens is 272 g/mol. The largest absolute Gasteiger partial charge is 0.390 e. The number of aryl methyl sites for hydroxylation is 1. The second-order valence-electron chi connectivity index (χ2n) is 4.95. The van der Waals surface area contributed by atoms with Crippen LogP contribution in [0.15, 0.2) is 36.7 Å². The van der Waals surface area contributed by atoms with Crippen LogP contribution >= 0.6 is 0 Å². The van der Waals surface area contributed by atoms with Crippen molar-refractivity contribution < 1.29 is 10.0 Å². The Morgan fingerprint density at radius 1 is 1.43 bits per heavy atom. The van der Waals surface area contributed by atoms with Gasteiger partial charge >= 0.3 is 5.69 Å². The molecule has 21 heavy (non-hydrogen) atoms. The van der Waals surface area contributed by atoms with Crippen molar-refractivity contribution in [2.75, 3.05) is 6.54 Å². The van der Waals surface area contributed by atoms with Gasteiger partial charge in [-0.15, -0.1) is 0 Å². The van der Waals surface area contributed by atoms with E-state index in [0.717, 1.165) is 5.56 Å². The maximum Gasteiger partial charge on any atom is 0.306 e. The van der Waals surface area contributed by atoms with Crippen molar-refractivity contribution in [3.63, 3.8) is 0 Å². The first-order valence-electron chi connectivity index (χ1n) is 6.66. The van der Waals surface area contributed by atoms with E-state index in [1.807, 2.05) is 31.2 Å². The maximum absolute atomic E-state index is 10.5. The quantitative estimate of drug-likeness (QED) is 0.591. The summed E-state index contributed by atoms with van der Waals surface area (Å²) in [5.41, 5.74) is 2.27. The molecule has 2 aromatic rings. The highest BCUT2D eigenvalue weighted by Crippen LogP contribution is 2.08. The van der Waals surface area contributed by atoms with E-state index >= 15 is 0 Å². The van der Waals surface area contributed by atoms with Crippen LogP contribution in [0.1, 0.15) is 11.1 Å². The van der Waals surface area contributed by atoms with Crippen LogP contribution in [-0.4, -0.2) is 32.5 Å². The maximum atomic E-state index is 10.5. The number of hydrogen-bond donors (Lipinski definition) is 2. The molecule has 0 aliphatic carbocycles. The molecule has 112 valence electrons. The molecule has 2 N–H and O–H groups in total. The van der Waals surface area contributed by atoms with E-state index in [4.69, 9.17) is 0 Å². The van der Waals surface area contributed by atoms with E-state index in [-0.39, 0.29) is 12.2 Å². The second-order valence-corrected chi connectivity index (χ2v) is 4.95. The SMILES string of the molecule is Cc1ccc(CNCC(O)Cn2cc([N+](=O)[O-])cn2)cc1. The zero-order valence-corrected chi connectivity index (χ0v) is 11.8. The zero-order chi connectivity index (χ0) is 15.2. The smallest absolute Gasteiger partial charge is 0.306 e. The monoisotopic (exact) mass is 290 g/mol. The molecule has 1 atom stereocenters. The Balaban J connectivity index is 1.75. The van der Waals surface area contributed by atoms with Crippen molar-refractivity contribution in [3.05, 3.63) is 57.9 Å². The number of rotatable bonds is 7. The summed E-state index contributed by atoms with van der Waals surface area (Å²) in [5.74, 6) is 0. The third-order valence-electron chi connectivity index (χ3n) is 3.06. The fourth-order valence-electron chi connectivity index (χ4n) is 1.92. The van der Waals surface area contributed by atoms with Gasteiger partial charge in [0.05, 0.1) is 17.6 Å². The molecule has 1 aromatic heterocycles. The minimum absolute atomic E-state index is 0.0742. The Hall–Kier alpha value is -2.25. The van der Waals surface area contributed by atoms with E-state index in [2.05, 4.69) is 10.4 Å². The first-order valence-corrected chi connectivity index (χ1v) is 6.66. The van der Waals surface area contributed by atoms with Crippen LogP contribution in [0.5, 0.6) is 0 Å². The summed E-state index contributed by atoms with van der Waals surface area (Å²) in [6.07, 6.45) is 1.82. The molecule has 0 saturated carbocycles. The Labute approximate surface area is 122 Å². The molecule has 0 radical (unpaired) electrons. The highest BCUT2D eigenvalue weighted by atomic mass is 16.6. The number of aliphatic hydroxyl groups excluding tert-OH is 1. The molecule has 0 spiro atoms. The number of aromatic nitrogens is 2. The van der Waals surface area contributed by atoms with Crippen molar-refractivity contribution in [3.8, 4) is 0 Å². The number of nitrogens with zero attached hydrogens (tertiary/aromatic N) is 3. The van der Waals surface area contributed by atoms with Gasteiger partial charge in [0.1, 0.15) is 12.4 Å². The minimum Gasteiger partial charge on any atom is -0.390 e.